The Bertz CT molecular complexity index is 536. The maximum absolute atomic E-state index is 6.22. The zero-order valence-corrected chi connectivity index (χ0v) is 11.7. The molecule has 0 aliphatic carbocycles. The Hall–Kier alpha value is -2.06. The molecular weight excluding hydrogens is 246 g/mol. The van der Waals surface area contributed by atoms with E-state index in [0.29, 0.717) is 6.61 Å². The number of rotatable bonds is 7. The van der Waals surface area contributed by atoms with E-state index in [9.17, 15) is 0 Å². The van der Waals surface area contributed by atoms with E-state index in [4.69, 9.17) is 10.5 Å². The van der Waals surface area contributed by atoms with E-state index in [1.807, 2.05) is 48.5 Å². The molecule has 104 valence electrons. The van der Waals surface area contributed by atoms with Gasteiger partial charge in [0.25, 0.3) is 0 Å². The highest BCUT2D eigenvalue weighted by atomic mass is 16.5. The number of nitrogens with two attached hydrogens (primary N) is 1. The lowest BCUT2D eigenvalue weighted by atomic mass is 10.0. The van der Waals surface area contributed by atoms with Gasteiger partial charge in [-0.25, -0.2) is 0 Å². The van der Waals surface area contributed by atoms with Gasteiger partial charge in [0.05, 0.1) is 0 Å². The van der Waals surface area contributed by atoms with Crippen LogP contribution in [-0.4, -0.2) is 0 Å². The molecule has 2 heteroatoms. The van der Waals surface area contributed by atoms with Crippen molar-refractivity contribution in [2.75, 3.05) is 0 Å². The van der Waals surface area contributed by atoms with Crippen molar-refractivity contribution in [3.63, 3.8) is 0 Å². The highest BCUT2D eigenvalue weighted by Gasteiger charge is 2.11. The Kier molecular flexibility index (Phi) is 5.39. The Morgan fingerprint density at radius 3 is 2.50 bits per heavy atom. The third-order valence-electron chi connectivity index (χ3n) is 3.24. The molecule has 0 saturated heterocycles. The third kappa shape index (κ3) is 3.97. The average molecular weight is 267 g/mol. The predicted molar refractivity (Wildman–Crippen MR) is 83.6 cm³/mol. The van der Waals surface area contributed by atoms with E-state index in [1.54, 1.807) is 0 Å². The van der Waals surface area contributed by atoms with E-state index in [0.717, 1.165) is 29.7 Å². The number of para-hydroxylation sites is 1. The van der Waals surface area contributed by atoms with Crippen molar-refractivity contribution in [2.24, 2.45) is 5.73 Å². The molecule has 2 aromatic rings. The van der Waals surface area contributed by atoms with Crippen LogP contribution in [0.2, 0.25) is 0 Å². The molecule has 2 N–H and O–H groups in total. The van der Waals surface area contributed by atoms with Crippen LogP contribution in [0.15, 0.2) is 67.3 Å². The maximum Gasteiger partial charge on any atom is 0.124 e. The van der Waals surface area contributed by atoms with Crippen molar-refractivity contribution in [1.82, 2.24) is 0 Å². The first-order chi connectivity index (χ1) is 9.81. The molecule has 0 amide bonds. The summed E-state index contributed by atoms with van der Waals surface area (Å²) >= 11 is 0. The fourth-order valence-electron chi connectivity index (χ4n) is 2.11. The summed E-state index contributed by atoms with van der Waals surface area (Å²) in [5.41, 5.74) is 8.44. The summed E-state index contributed by atoms with van der Waals surface area (Å²) in [4.78, 5) is 0. The van der Waals surface area contributed by atoms with Crippen LogP contribution in [0, 0.1) is 0 Å². The second kappa shape index (κ2) is 7.51. The van der Waals surface area contributed by atoms with Crippen LogP contribution in [0.5, 0.6) is 5.75 Å². The van der Waals surface area contributed by atoms with Gasteiger partial charge in [-0.2, -0.15) is 0 Å². The Morgan fingerprint density at radius 1 is 1.05 bits per heavy atom. The summed E-state index contributed by atoms with van der Waals surface area (Å²) in [7, 11) is 0. The Morgan fingerprint density at radius 2 is 1.75 bits per heavy atom. The van der Waals surface area contributed by atoms with Gasteiger partial charge >= 0.3 is 0 Å². The first kappa shape index (κ1) is 14.4. The molecule has 0 fully saturated rings. The van der Waals surface area contributed by atoms with Crippen molar-refractivity contribution < 1.29 is 4.74 Å². The van der Waals surface area contributed by atoms with Crippen LogP contribution >= 0.6 is 0 Å². The number of hydrogen-bond donors (Lipinski definition) is 1. The average Bonchev–Trinajstić information content (AvgIpc) is 2.52. The second-order valence-electron chi connectivity index (χ2n) is 4.78. The van der Waals surface area contributed by atoms with Crippen LogP contribution in [0.4, 0.5) is 0 Å². The first-order valence-electron chi connectivity index (χ1n) is 6.93. The molecule has 20 heavy (non-hydrogen) atoms. The summed E-state index contributed by atoms with van der Waals surface area (Å²) in [6, 6.07) is 18.1. The zero-order valence-electron chi connectivity index (χ0n) is 11.7. The lowest BCUT2D eigenvalue weighted by molar-refractivity contribution is 0.300. The third-order valence-corrected chi connectivity index (χ3v) is 3.24. The van der Waals surface area contributed by atoms with Crippen molar-refractivity contribution in [1.29, 1.82) is 0 Å². The van der Waals surface area contributed by atoms with Gasteiger partial charge in [-0.3, -0.25) is 0 Å². The van der Waals surface area contributed by atoms with Crippen LogP contribution in [0.25, 0.3) is 0 Å². The van der Waals surface area contributed by atoms with E-state index in [2.05, 4.69) is 18.7 Å². The highest BCUT2D eigenvalue weighted by Crippen LogP contribution is 2.27. The Balaban J connectivity index is 2.05. The molecule has 0 heterocycles. The molecule has 1 atom stereocenters. The highest BCUT2D eigenvalue weighted by molar-refractivity contribution is 5.36. The largest absolute Gasteiger partial charge is 0.489 e. The van der Waals surface area contributed by atoms with Gasteiger partial charge in [-0.15, -0.1) is 6.58 Å². The van der Waals surface area contributed by atoms with Crippen LogP contribution in [-0.2, 0) is 6.61 Å². The fourth-order valence-corrected chi connectivity index (χ4v) is 2.11. The Labute approximate surface area is 120 Å². The summed E-state index contributed by atoms with van der Waals surface area (Å²) in [6.07, 6.45) is 3.69. The summed E-state index contributed by atoms with van der Waals surface area (Å²) < 4.78 is 5.92. The monoisotopic (exact) mass is 267 g/mol. The van der Waals surface area contributed by atoms with Crippen molar-refractivity contribution in [2.45, 2.75) is 25.5 Å². The van der Waals surface area contributed by atoms with Crippen molar-refractivity contribution >= 4 is 0 Å². The molecule has 0 saturated carbocycles. The van der Waals surface area contributed by atoms with Gasteiger partial charge in [-0.1, -0.05) is 54.6 Å². The lowest BCUT2D eigenvalue weighted by Gasteiger charge is -2.16. The second-order valence-corrected chi connectivity index (χ2v) is 4.78. The standard InChI is InChI=1S/C18H21NO/c1-2-3-12-17(19)16-11-7-8-13-18(16)20-14-15-9-5-4-6-10-15/h2,4-11,13,17H,1,3,12,14,19H2/t17-/m1/s1. The molecule has 0 unspecified atom stereocenters. The van der Waals surface area contributed by atoms with Gasteiger partial charge in [0.2, 0.25) is 0 Å². The van der Waals surface area contributed by atoms with Gasteiger partial charge in [-0.05, 0) is 24.5 Å². The van der Waals surface area contributed by atoms with Gasteiger partial charge in [0.15, 0.2) is 0 Å². The van der Waals surface area contributed by atoms with Gasteiger partial charge < -0.3 is 10.5 Å². The van der Waals surface area contributed by atoms with Gasteiger partial charge in [0, 0.05) is 11.6 Å². The van der Waals surface area contributed by atoms with Crippen LogP contribution < -0.4 is 10.5 Å². The maximum atomic E-state index is 6.22. The van der Waals surface area contributed by atoms with E-state index in [-0.39, 0.29) is 6.04 Å². The minimum absolute atomic E-state index is 0.0139. The quantitative estimate of drug-likeness (QED) is 0.762. The number of benzene rings is 2. The van der Waals surface area contributed by atoms with E-state index >= 15 is 0 Å². The van der Waals surface area contributed by atoms with Crippen molar-refractivity contribution in [3.8, 4) is 5.75 Å². The van der Waals surface area contributed by atoms with Crippen LogP contribution in [0.1, 0.15) is 30.0 Å². The molecule has 0 bridgehead atoms. The zero-order chi connectivity index (χ0) is 14.2. The number of allylic oxidation sites excluding steroid dienone is 1. The van der Waals surface area contributed by atoms with Crippen LogP contribution in [0.3, 0.4) is 0 Å². The summed E-state index contributed by atoms with van der Waals surface area (Å²) in [6.45, 7) is 4.30. The SMILES string of the molecule is C=CCC[C@@H](N)c1ccccc1OCc1ccccc1. The van der Waals surface area contributed by atoms with E-state index in [1.165, 1.54) is 0 Å². The van der Waals surface area contributed by atoms with E-state index < -0.39 is 0 Å². The number of hydrogen-bond acceptors (Lipinski definition) is 2. The molecule has 2 nitrogen and oxygen atoms in total. The minimum atomic E-state index is -0.0139. The first-order valence-corrected chi connectivity index (χ1v) is 6.93. The number of ether oxygens (including phenoxy) is 1. The molecule has 2 aromatic carbocycles. The molecule has 2 rings (SSSR count). The van der Waals surface area contributed by atoms with Crippen molar-refractivity contribution in [3.05, 3.63) is 78.4 Å². The molecular formula is C18H21NO. The minimum Gasteiger partial charge on any atom is -0.489 e. The smallest absolute Gasteiger partial charge is 0.124 e. The van der Waals surface area contributed by atoms with Gasteiger partial charge in [0.1, 0.15) is 12.4 Å². The molecule has 0 spiro atoms. The normalized spacial score (nSPS) is 11.8. The fraction of sp³-hybridized carbons (Fsp3) is 0.222. The molecule has 0 aliphatic heterocycles. The summed E-state index contributed by atoms with van der Waals surface area (Å²) in [5.74, 6) is 0.868. The summed E-state index contributed by atoms with van der Waals surface area (Å²) in [5, 5.41) is 0. The molecule has 0 aromatic heterocycles. The molecule has 0 aliphatic rings. The lowest BCUT2D eigenvalue weighted by Crippen LogP contribution is -2.11. The predicted octanol–water partition coefficient (Wildman–Crippen LogP) is 4.23. The molecule has 0 radical (unpaired) electrons. The topological polar surface area (TPSA) is 35.2 Å².